The Hall–Kier alpha value is -1.69. The zero-order valence-corrected chi connectivity index (χ0v) is 12.5. The van der Waals surface area contributed by atoms with E-state index in [0.717, 1.165) is 16.8 Å². The van der Waals surface area contributed by atoms with Crippen molar-refractivity contribution in [1.82, 2.24) is 0 Å². The Morgan fingerprint density at radius 1 is 1.15 bits per heavy atom. The topological polar surface area (TPSA) is 35.8 Å². The molecule has 0 spiro atoms. The normalized spacial score (nSPS) is 11.7. The van der Waals surface area contributed by atoms with Crippen molar-refractivity contribution in [3.8, 4) is 6.07 Å². The molecule has 102 valence electrons. The minimum absolute atomic E-state index is 0.113. The van der Waals surface area contributed by atoms with Crippen molar-refractivity contribution in [2.75, 3.05) is 5.32 Å². The summed E-state index contributed by atoms with van der Waals surface area (Å²) >= 11 is 12.4. The summed E-state index contributed by atoms with van der Waals surface area (Å²) in [5.41, 5.74) is 2.71. The molecule has 0 radical (unpaired) electrons. The number of nitrogens with zero attached hydrogens (tertiary/aromatic N) is 1. The first-order valence-corrected chi connectivity index (χ1v) is 7.01. The Morgan fingerprint density at radius 2 is 1.85 bits per heavy atom. The number of aryl methyl sites for hydroxylation is 1. The van der Waals surface area contributed by atoms with Crippen LogP contribution >= 0.6 is 23.2 Å². The summed E-state index contributed by atoms with van der Waals surface area (Å²) in [5.74, 6) is 0. The molecule has 20 heavy (non-hydrogen) atoms. The van der Waals surface area contributed by atoms with Crippen molar-refractivity contribution in [2.24, 2.45) is 0 Å². The molecule has 2 rings (SSSR count). The van der Waals surface area contributed by atoms with E-state index in [-0.39, 0.29) is 6.04 Å². The molecule has 2 aromatic rings. The molecule has 0 saturated heterocycles. The molecule has 0 saturated carbocycles. The summed E-state index contributed by atoms with van der Waals surface area (Å²) < 4.78 is 0. The Bertz CT molecular complexity index is 633. The fourth-order valence-electron chi connectivity index (χ4n) is 1.97. The third-order valence-electron chi connectivity index (χ3n) is 3.08. The van der Waals surface area contributed by atoms with E-state index in [1.807, 2.05) is 43.3 Å². The van der Waals surface area contributed by atoms with E-state index in [4.69, 9.17) is 28.5 Å². The van der Waals surface area contributed by atoms with Crippen molar-refractivity contribution < 1.29 is 0 Å². The highest BCUT2D eigenvalue weighted by Crippen LogP contribution is 2.32. The van der Waals surface area contributed by atoms with E-state index in [2.05, 4.69) is 11.4 Å². The molecule has 2 nitrogen and oxygen atoms in total. The van der Waals surface area contributed by atoms with Crippen molar-refractivity contribution in [1.29, 1.82) is 5.26 Å². The lowest BCUT2D eigenvalue weighted by molar-refractivity contribution is 0.806. The molecular weight excluding hydrogens is 291 g/mol. The predicted molar refractivity (Wildman–Crippen MR) is 84.2 cm³/mol. The van der Waals surface area contributed by atoms with Gasteiger partial charge in [-0.2, -0.15) is 5.26 Å². The maximum atomic E-state index is 8.99. The van der Waals surface area contributed by atoms with Crippen LogP contribution < -0.4 is 5.32 Å². The summed E-state index contributed by atoms with van der Waals surface area (Å²) in [5, 5.41) is 13.5. The van der Waals surface area contributed by atoms with E-state index in [1.165, 1.54) is 0 Å². The Morgan fingerprint density at radius 3 is 2.50 bits per heavy atom. The molecule has 0 heterocycles. The number of rotatable bonds is 4. The molecule has 0 aliphatic heterocycles. The van der Waals surface area contributed by atoms with E-state index < -0.39 is 0 Å². The highest BCUT2D eigenvalue weighted by atomic mass is 35.5. The van der Waals surface area contributed by atoms with Crippen LogP contribution in [0.2, 0.25) is 10.0 Å². The number of nitriles is 1. The number of benzene rings is 2. The van der Waals surface area contributed by atoms with Crippen LogP contribution in [0.3, 0.4) is 0 Å². The van der Waals surface area contributed by atoms with Crippen LogP contribution in [0.15, 0.2) is 42.5 Å². The van der Waals surface area contributed by atoms with Gasteiger partial charge in [-0.05, 0) is 30.2 Å². The lowest BCUT2D eigenvalue weighted by atomic mass is 10.0. The minimum Gasteiger partial charge on any atom is -0.376 e. The molecule has 0 fully saturated rings. The first-order chi connectivity index (χ1) is 9.61. The average molecular weight is 305 g/mol. The third-order valence-corrected chi connectivity index (χ3v) is 3.80. The highest BCUT2D eigenvalue weighted by molar-refractivity contribution is 6.35. The molecule has 0 aliphatic carbocycles. The summed E-state index contributed by atoms with van der Waals surface area (Å²) in [4.78, 5) is 0. The second-order valence-corrected chi connectivity index (χ2v) is 5.37. The second kappa shape index (κ2) is 6.65. The number of hydrogen-bond acceptors (Lipinski definition) is 2. The van der Waals surface area contributed by atoms with Gasteiger partial charge in [0.25, 0.3) is 0 Å². The second-order valence-electron chi connectivity index (χ2n) is 4.55. The van der Waals surface area contributed by atoms with Gasteiger partial charge in [0, 0.05) is 5.02 Å². The fourth-order valence-corrected chi connectivity index (χ4v) is 2.41. The van der Waals surface area contributed by atoms with Crippen LogP contribution in [0, 0.1) is 18.3 Å². The maximum Gasteiger partial charge on any atom is 0.0647 e. The van der Waals surface area contributed by atoms with E-state index in [1.54, 1.807) is 6.07 Å². The van der Waals surface area contributed by atoms with Gasteiger partial charge < -0.3 is 5.32 Å². The van der Waals surface area contributed by atoms with Gasteiger partial charge in [-0.1, -0.05) is 53.5 Å². The van der Waals surface area contributed by atoms with E-state index in [9.17, 15) is 0 Å². The lowest BCUT2D eigenvalue weighted by Crippen LogP contribution is -2.10. The number of nitrogens with one attached hydrogen (secondary N) is 1. The van der Waals surface area contributed by atoms with Crippen LogP contribution in [0.5, 0.6) is 0 Å². The highest BCUT2D eigenvalue weighted by Gasteiger charge is 2.13. The quantitative estimate of drug-likeness (QED) is 0.824. The van der Waals surface area contributed by atoms with Crippen molar-refractivity contribution in [3.63, 3.8) is 0 Å². The number of hydrogen-bond donors (Lipinski definition) is 1. The third kappa shape index (κ3) is 3.45. The van der Waals surface area contributed by atoms with Gasteiger partial charge >= 0.3 is 0 Å². The van der Waals surface area contributed by atoms with Gasteiger partial charge in [0.2, 0.25) is 0 Å². The van der Waals surface area contributed by atoms with Gasteiger partial charge in [-0.25, -0.2) is 0 Å². The van der Waals surface area contributed by atoms with Crippen molar-refractivity contribution in [2.45, 2.75) is 19.4 Å². The SMILES string of the molecule is Cc1cc(Cl)c(NC(CC#N)c2ccccc2)cc1Cl. The van der Waals surface area contributed by atoms with Gasteiger partial charge in [-0.15, -0.1) is 0 Å². The van der Waals surface area contributed by atoms with Gasteiger partial charge in [0.1, 0.15) is 0 Å². The van der Waals surface area contributed by atoms with E-state index in [0.29, 0.717) is 16.5 Å². The van der Waals surface area contributed by atoms with E-state index >= 15 is 0 Å². The van der Waals surface area contributed by atoms with Crippen LogP contribution in [0.4, 0.5) is 5.69 Å². The van der Waals surface area contributed by atoms with Crippen LogP contribution in [-0.4, -0.2) is 0 Å². The van der Waals surface area contributed by atoms with Crippen LogP contribution in [0.1, 0.15) is 23.6 Å². The van der Waals surface area contributed by atoms with Gasteiger partial charge in [0.15, 0.2) is 0 Å². The first-order valence-electron chi connectivity index (χ1n) is 6.26. The molecule has 0 amide bonds. The standard InChI is InChI=1S/C16H14Cl2N2/c1-11-9-14(18)16(10-13(11)17)20-15(7-8-19)12-5-3-2-4-6-12/h2-6,9-10,15,20H,7H2,1H3. The van der Waals surface area contributed by atoms with Crippen LogP contribution in [0.25, 0.3) is 0 Å². The molecule has 4 heteroatoms. The minimum atomic E-state index is -0.113. The molecule has 0 bridgehead atoms. The van der Waals surface area contributed by atoms with Gasteiger partial charge in [-0.3, -0.25) is 0 Å². The molecule has 0 aromatic heterocycles. The average Bonchev–Trinajstić information content (AvgIpc) is 2.45. The summed E-state index contributed by atoms with van der Waals surface area (Å²) in [6.07, 6.45) is 0.353. The zero-order chi connectivity index (χ0) is 14.5. The zero-order valence-electron chi connectivity index (χ0n) is 11.0. The molecular formula is C16H14Cl2N2. The molecule has 1 N–H and O–H groups in total. The Labute approximate surface area is 128 Å². The number of halogens is 2. The molecule has 2 aromatic carbocycles. The van der Waals surface area contributed by atoms with Gasteiger partial charge in [0.05, 0.1) is 29.2 Å². The fraction of sp³-hybridized carbons (Fsp3) is 0.188. The maximum absolute atomic E-state index is 8.99. The predicted octanol–water partition coefficient (Wildman–Crippen LogP) is 5.37. The summed E-state index contributed by atoms with van der Waals surface area (Å²) in [7, 11) is 0. The molecule has 0 aliphatic rings. The van der Waals surface area contributed by atoms with Crippen molar-refractivity contribution >= 4 is 28.9 Å². The lowest BCUT2D eigenvalue weighted by Gasteiger charge is -2.19. The Kier molecular flexibility index (Phi) is 4.89. The smallest absolute Gasteiger partial charge is 0.0647 e. The monoisotopic (exact) mass is 304 g/mol. The first kappa shape index (κ1) is 14.7. The molecule has 1 unspecified atom stereocenters. The Balaban J connectivity index is 2.30. The van der Waals surface area contributed by atoms with Crippen LogP contribution in [-0.2, 0) is 0 Å². The molecule has 1 atom stereocenters. The summed E-state index contributed by atoms with van der Waals surface area (Å²) in [6.45, 7) is 1.90. The largest absolute Gasteiger partial charge is 0.376 e. The summed E-state index contributed by atoms with van der Waals surface area (Å²) in [6, 6.07) is 15.5. The van der Waals surface area contributed by atoms with Crippen molar-refractivity contribution in [3.05, 3.63) is 63.6 Å². The number of anilines is 1.